The van der Waals surface area contributed by atoms with Crippen molar-refractivity contribution < 1.29 is 9.26 Å². The summed E-state index contributed by atoms with van der Waals surface area (Å²) in [5.41, 5.74) is 1.22. The van der Waals surface area contributed by atoms with Gasteiger partial charge in [0, 0.05) is 6.54 Å². The predicted octanol–water partition coefficient (Wildman–Crippen LogP) is 1.37. The lowest BCUT2D eigenvalue weighted by Crippen LogP contribution is -2.04. The fraction of sp³-hybridized carbons (Fsp3) is 0.273. The molecular formula is C11H13N3O2. The minimum absolute atomic E-state index is 0.297. The van der Waals surface area contributed by atoms with E-state index in [1.54, 1.807) is 0 Å². The summed E-state index contributed by atoms with van der Waals surface area (Å²) in [6.07, 6.45) is 1.36. The van der Waals surface area contributed by atoms with Crippen LogP contribution in [0.25, 0.3) is 0 Å². The van der Waals surface area contributed by atoms with Crippen molar-refractivity contribution in [1.82, 2.24) is 15.5 Å². The van der Waals surface area contributed by atoms with Crippen molar-refractivity contribution in [2.24, 2.45) is 0 Å². The lowest BCUT2D eigenvalue weighted by Gasteiger charge is -2.04. The number of hydrogen-bond acceptors (Lipinski definition) is 5. The van der Waals surface area contributed by atoms with E-state index in [1.807, 2.05) is 31.3 Å². The normalized spacial score (nSPS) is 10.3. The molecule has 84 valence electrons. The molecule has 1 aromatic carbocycles. The quantitative estimate of drug-likeness (QED) is 0.822. The standard InChI is InChI=1S/C11H13N3O2/c1-12-6-9-2-4-10(5-3-9)15-7-11-13-8-14-16-11/h2-5,8,12H,6-7H2,1H3. The first-order valence-electron chi connectivity index (χ1n) is 5.00. The van der Waals surface area contributed by atoms with Gasteiger partial charge in [0.2, 0.25) is 0 Å². The monoisotopic (exact) mass is 219 g/mol. The van der Waals surface area contributed by atoms with Crippen molar-refractivity contribution in [3.05, 3.63) is 42.0 Å². The molecular weight excluding hydrogens is 206 g/mol. The summed E-state index contributed by atoms with van der Waals surface area (Å²) in [6.45, 7) is 1.15. The summed E-state index contributed by atoms with van der Waals surface area (Å²) in [4.78, 5) is 3.87. The number of ether oxygens (including phenoxy) is 1. The molecule has 0 aliphatic carbocycles. The van der Waals surface area contributed by atoms with Gasteiger partial charge in [0.25, 0.3) is 5.89 Å². The molecule has 16 heavy (non-hydrogen) atoms. The summed E-state index contributed by atoms with van der Waals surface area (Å²) in [6, 6.07) is 7.87. The van der Waals surface area contributed by atoms with Gasteiger partial charge in [-0.25, -0.2) is 0 Å². The van der Waals surface area contributed by atoms with Gasteiger partial charge in [-0.2, -0.15) is 4.98 Å². The lowest BCUT2D eigenvalue weighted by atomic mass is 10.2. The highest BCUT2D eigenvalue weighted by atomic mass is 16.5. The van der Waals surface area contributed by atoms with E-state index in [0.717, 1.165) is 12.3 Å². The molecule has 2 rings (SSSR count). The van der Waals surface area contributed by atoms with Gasteiger partial charge in [0.15, 0.2) is 12.9 Å². The fourth-order valence-electron chi connectivity index (χ4n) is 1.31. The number of benzene rings is 1. The van der Waals surface area contributed by atoms with E-state index >= 15 is 0 Å². The van der Waals surface area contributed by atoms with Gasteiger partial charge in [-0.3, -0.25) is 0 Å². The van der Waals surface area contributed by atoms with Gasteiger partial charge in [-0.15, -0.1) is 0 Å². The fourth-order valence-corrected chi connectivity index (χ4v) is 1.31. The van der Waals surface area contributed by atoms with E-state index in [0.29, 0.717) is 12.5 Å². The smallest absolute Gasteiger partial charge is 0.264 e. The topological polar surface area (TPSA) is 60.2 Å². The SMILES string of the molecule is CNCc1ccc(OCc2ncno2)cc1. The zero-order valence-corrected chi connectivity index (χ0v) is 9.01. The van der Waals surface area contributed by atoms with E-state index in [9.17, 15) is 0 Å². The third-order valence-electron chi connectivity index (χ3n) is 2.07. The van der Waals surface area contributed by atoms with E-state index in [2.05, 4.69) is 15.5 Å². The van der Waals surface area contributed by atoms with Gasteiger partial charge in [-0.05, 0) is 24.7 Å². The predicted molar refractivity (Wildman–Crippen MR) is 57.8 cm³/mol. The van der Waals surface area contributed by atoms with E-state index < -0.39 is 0 Å². The highest BCUT2D eigenvalue weighted by Gasteiger charge is 2.00. The highest BCUT2D eigenvalue weighted by molar-refractivity contribution is 5.27. The molecule has 0 radical (unpaired) electrons. The molecule has 0 aliphatic heterocycles. The minimum atomic E-state index is 0.297. The van der Waals surface area contributed by atoms with Crippen LogP contribution in [-0.2, 0) is 13.2 Å². The maximum Gasteiger partial charge on any atom is 0.264 e. The molecule has 0 spiro atoms. The van der Waals surface area contributed by atoms with Crippen molar-refractivity contribution >= 4 is 0 Å². The zero-order chi connectivity index (χ0) is 11.2. The zero-order valence-electron chi connectivity index (χ0n) is 9.01. The van der Waals surface area contributed by atoms with Crippen LogP contribution in [0.4, 0.5) is 0 Å². The molecule has 0 bridgehead atoms. The Labute approximate surface area is 93.4 Å². The summed E-state index contributed by atoms with van der Waals surface area (Å²) in [7, 11) is 1.92. The van der Waals surface area contributed by atoms with Crippen LogP contribution in [0.15, 0.2) is 35.1 Å². The van der Waals surface area contributed by atoms with Gasteiger partial charge < -0.3 is 14.6 Å². The first-order valence-corrected chi connectivity index (χ1v) is 5.00. The molecule has 1 heterocycles. The second-order valence-corrected chi connectivity index (χ2v) is 3.30. The second kappa shape index (κ2) is 5.27. The van der Waals surface area contributed by atoms with E-state index in [4.69, 9.17) is 9.26 Å². The van der Waals surface area contributed by atoms with Crippen LogP contribution in [0.1, 0.15) is 11.5 Å². The Bertz CT molecular complexity index is 411. The Balaban J connectivity index is 1.90. The van der Waals surface area contributed by atoms with Crippen LogP contribution < -0.4 is 10.1 Å². The molecule has 0 fully saturated rings. The largest absolute Gasteiger partial charge is 0.484 e. The number of rotatable bonds is 5. The molecule has 0 saturated heterocycles. The van der Waals surface area contributed by atoms with Crippen molar-refractivity contribution in [1.29, 1.82) is 0 Å². The van der Waals surface area contributed by atoms with Crippen LogP contribution >= 0.6 is 0 Å². The maximum absolute atomic E-state index is 5.47. The Morgan fingerprint density at radius 2 is 2.12 bits per heavy atom. The Morgan fingerprint density at radius 3 is 2.75 bits per heavy atom. The highest BCUT2D eigenvalue weighted by Crippen LogP contribution is 2.13. The number of aromatic nitrogens is 2. The van der Waals surface area contributed by atoms with Crippen molar-refractivity contribution in [2.75, 3.05) is 7.05 Å². The van der Waals surface area contributed by atoms with E-state index in [-0.39, 0.29) is 0 Å². The summed E-state index contributed by atoms with van der Waals surface area (Å²) < 4.78 is 10.3. The summed E-state index contributed by atoms with van der Waals surface area (Å²) in [5, 5.41) is 6.58. The molecule has 5 nitrogen and oxygen atoms in total. The third kappa shape index (κ3) is 2.80. The Kier molecular flexibility index (Phi) is 3.50. The average molecular weight is 219 g/mol. The van der Waals surface area contributed by atoms with Crippen molar-refractivity contribution in [3.8, 4) is 5.75 Å². The number of hydrogen-bond donors (Lipinski definition) is 1. The molecule has 0 aliphatic rings. The van der Waals surface area contributed by atoms with Crippen LogP contribution in [0.5, 0.6) is 5.75 Å². The maximum atomic E-state index is 5.47. The van der Waals surface area contributed by atoms with Gasteiger partial charge in [-0.1, -0.05) is 17.3 Å². The molecule has 0 unspecified atom stereocenters. The van der Waals surface area contributed by atoms with Gasteiger partial charge in [0.05, 0.1) is 0 Å². The molecule has 5 heteroatoms. The molecule has 0 amide bonds. The van der Waals surface area contributed by atoms with Crippen LogP contribution in [0.2, 0.25) is 0 Å². The van der Waals surface area contributed by atoms with Crippen molar-refractivity contribution in [3.63, 3.8) is 0 Å². The van der Waals surface area contributed by atoms with E-state index in [1.165, 1.54) is 11.9 Å². The first kappa shape index (κ1) is 10.6. The van der Waals surface area contributed by atoms with Crippen molar-refractivity contribution in [2.45, 2.75) is 13.2 Å². The minimum Gasteiger partial charge on any atom is -0.484 e. The molecule has 1 N–H and O–H groups in total. The van der Waals surface area contributed by atoms with Crippen LogP contribution in [0, 0.1) is 0 Å². The Hall–Kier alpha value is -1.88. The molecule has 0 atom stereocenters. The second-order valence-electron chi connectivity index (χ2n) is 3.30. The molecule has 2 aromatic rings. The van der Waals surface area contributed by atoms with Gasteiger partial charge >= 0.3 is 0 Å². The lowest BCUT2D eigenvalue weighted by molar-refractivity contribution is 0.243. The third-order valence-corrected chi connectivity index (χ3v) is 2.07. The van der Waals surface area contributed by atoms with Crippen LogP contribution in [0.3, 0.4) is 0 Å². The number of nitrogens with one attached hydrogen (secondary N) is 1. The molecule has 1 aromatic heterocycles. The van der Waals surface area contributed by atoms with Crippen LogP contribution in [-0.4, -0.2) is 17.2 Å². The summed E-state index contributed by atoms with van der Waals surface area (Å²) in [5.74, 6) is 1.26. The summed E-state index contributed by atoms with van der Waals surface area (Å²) >= 11 is 0. The Morgan fingerprint density at radius 1 is 1.31 bits per heavy atom. The average Bonchev–Trinajstić information content (AvgIpc) is 2.82. The molecule has 0 saturated carbocycles. The van der Waals surface area contributed by atoms with Gasteiger partial charge in [0.1, 0.15) is 5.75 Å². The number of nitrogens with zero attached hydrogens (tertiary/aromatic N) is 2. The first-order chi connectivity index (χ1) is 7.88.